The first kappa shape index (κ1) is 18.7. The first-order valence-corrected chi connectivity index (χ1v) is 11.0. The van der Waals surface area contributed by atoms with Crippen molar-refractivity contribution in [1.82, 2.24) is 9.55 Å². The number of nitrogens with one attached hydrogen (secondary N) is 1. The van der Waals surface area contributed by atoms with Gasteiger partial charge in [0, 0.05) is 35.8 Å². The number of hydrogen-bond donors (Lipinski definition) is 1. The SMILES string of the molecule is COc1ccc(OC)c(S(=O)(=O)Nc2cccc(-c3cn4c(n3)SCC4)c2)c1. The van der Waals surface area contributed by atoms with Gasteiger partial charge in [-0.1, -0.05) is 23.9 Å². The summed E-state index contributed by atoms with van der Waals surface area (Å²) in [6.45, 7) is 0.939. The number of imidazole rings is 1. The number of nitrogens with zero attached hydrogens (tertiary/aromatic N) is 2. The van der Waals surface area contributed by atoms with E-state index >= 15 is 0 Å². The van der Waals surface area contributed by atoms with Gasteiger partial charge >= 0.3 is 0 Å². The number of anilines is 1. The summed E-state index contributed by atoms with van der Waals surface area (Å²) in [6, 6.07) is 11.8. The summed E-state index contributed by atoms with van der Waals surface area (Å²) in [5.74, 6) is 1.71. The van der Waals surface area contributed by atoms with Gasteiger partial charge in [-0.2, -0.15) is 0 Å². The van der Waals surface area contributed by atoms with Crippen LogP contribution < -0.4 is 14.2 Å². The number of ether oxygens (including phenoxy) is 2. The average Bonchev–Trinajstić information content (AvgIpc) is 3.29. The number of methoxy groups -OCH3 is 2. The topological polar surface area (TPSA) is 82.5 Å². The van der Waals surface area contributed by atoms with Crippen molar-refractivity contribution in [2.45, 2.75) is 16.6 Å². The molecule has 4 rings (SSSR count). The lowest BCUT2D eigenvalue weighted by Crippen LogP contribution is -2.14. The van der Waals surface area contributed by atoms with E-state index in [0.29, 0.717) is 11.4 Å². The molecule has 28 heavy (non-hydrogen) atoms. The number of sulfonamides is 1. The predicted molar refractivity (Wildman–Crippen MR) is 109 cm³/mol. The fourth-order valence-electron chi connectivity index (χ4n) is 2.99. The summed E-state index contributed by atoms with van der Waals surface area (Å²) in [5, 5.41) is 0.988. The highest BCUT2D eigenvalue weighted by atomic mass is 32.2. The highest BCUT2D eigenvalue weighted by Crippen LogP contribution is 2.32. The Morgan fingerprint density at radius 2 is 2.00 bits per heavy atom. The molecule has 0 bridgehead atoms. The second kappa shape index (κ2) is 7.40. The van der Waals surface area contributed by atoms with Gasteiger partial charge in [-0.25, -0.2) is 13.4 Å². The van der Waals surface area contributed by atoms with Gasteiger partial charge in [0.05, 0.1) is 19.9 Å². The Kier molecular flexibility index (Phi) is 4.94. The molecule has 9 heteroatoms. The molecular formula is C19H19N3O4S2. The van der Waals surface area contributed by atoms with Crippen LogP contribution in [0.2, 0.25) is 0 Å². The maximum atomic E-state index is 12.9. The lowest BCUT2D eigenvalue weighted by Gasteiger charge is -2.13. The zero-order chi connectivity index (χ0) is 19.7. The number of rotatable bonds is 6. The van der Waals surface area contributed by atoms with E-state index in [-0.39, 0.29) is 10.6 Å². The Morgan fingerprint density at radius 1 is 1.14 bits per heavy atom. The van der Waals surface area contributed by atoms with E-state index in [1.165, 1.54) is 20.3 Å². The van der Waals surface area contributed by atoms with Gasteiger partial charge < -0.3 is 14.0 Å². The van der Waals surface area contributed by atoms with Gasteiger partial charge in [-0.3, -0.25) is 4.72 Å². The Labute approximate surface area is 167 Å². The number of aryl methyl sites for hydroxylation is 1. The van der Waals surface area contributed by atoms with Gasteiger partial charge in [0.2, 0.25) is 0 Å². The lowest BCUT2D eigenvalue weighted by molar-refractivity contribution is 0.392. The Balaban J connectivity index is 1.65. The Bertz CT molecular complexity index is 1100. The Hall–Kier alpha value is -2.65. The van der Waals surface area contributed by atoms with E-state index in [2.05, 4.69) is 14.3 Å². The first-order chi connectivity index (χ1) is 13.5. The van der Waals surface area contributed by atoms with Crippen molar-refractivity contribution in [3.63, 3.8) is 0 Å². The number of aromatic nitrogens is 2. The summed E-state index contributed by atoms with van der Waals surface area (Å²) in [6.07, 6.45) is 1.99. The van der Waals surface area contributed by atoms with Crippen molar-refractivity contribution in [1.29, 1.82) is 0 Å². The Morgan fingerprint density at radius 3 is 2.75 bits per heavy atom. The monoisotopic (exact) mass is 417 g/mol. The minimum Gasteiger partial charge on any atom is -0.497 e. The fraction of sp³-hybridized carbons (Fsp3) is 0.211. The molecule has 7 nitrogen and oxygen atoms in total. The third-order valence-corrected chi connectivity index (χ3v) is 6.75. The number of benzene rings is 2. The molecule has 0 amide bonds. The van der Waals surface area contributed by atoms with Crippen molar-refractivity contribution in [3.05, 3.63) is 48.7 Å². The molecule has 0 radical (unpaired) electrons. The van der Waals surface area contributed by atoms with Gasteiger partial charge in [0.25, 0.3) is 10.0 Å². The molecule has 0 saturated carbocycles. The molecule has 1 aromatic heterocycles. The molecule has 0 saturated heterocycles. The van der Waals surface area contributed by atoms with Gasteiger partial charge in [-0.05, 0) is 24.3 Å². The minimum absolute atomic E-state index is 0.0112. The van der Waals surface area contributed by atoms with Gasteiger partial charge in [0.1, 0.15) is 16.4 Å². The summed E-state index contributed by atoms with van der Waals surface area (Å²) < 4.78 is 41.0. The van der Waals surface area contributed by atoms with Crippen molar-refractivity contribution in [3.8, 4) is 22.8 Å². The first-order valence-electron chi connectivity index (χ1n) is 8.55. The third-order valence-electron chi connectivity index (χ3n) is 4.37. The van der Waals surface area contributed by atoms with Crippen LogP contribution in [-0.2, 0) is 16.6 Å². The summed E-state index contributed by atoms with van der Waals surface area (Å²) in [4.78, 5) is 4.63. The molecule has 0 aliphatic carbocycles. The van der Waals surface area contributed by atoms with Crippen LogP contribution >= 0.6 is 11.8 Å². The van der Waals surface area contributed by atoms with Crippen LogP contribution in [0.25, 0.3) is 11.3 Å². The standard InChI is InChI=1S/C19H19N3O4S2/c1-25-15-6-7-17(26-2)18(11-15)28(23,24)21-14-5-3-4-13(10-14)16-12-22-8-9-27-19(22)20-16/h3-7,10-12,21H,8-9H2,1-2H3. The largest absolute Gasteiger partial charge is 0.497 e. The molecule has 2 aromatic carbocycles. The van der Waals surface area contributed by atoms with Crippen molar-refractivity contribution >= 4 is 27.5 Å². The van der Waals surface area contributed by atoms with Crippen LogP contribution in [0.5, 0.6) is 11.5 Å². The maximum absolute atomic E-state index is 12.9. The van der Waals surface area contributed by atoms with E-state index < -0.39 is 10.0 Å². The predicted octanol–water partition coefficient (Wildman–Crippen LogP) is 3.47. The van der Waals surface area contributed by atoms with E-state index in [0.717, 1.165) is 28.7 Å². The van der Waals surface area contributed by atoms with E-state index in [4.69, 9.17) is 9.47 Å². The molecule has 0 unspecified atom stereocenters. The molecular weight excluding hydrogens is 398 g/mol. The zero-order valence-electron chi connectivity index (χ0n) is 15.4. The van der Waals surface area contributed by atoms with Crippen LogP contribution in [0.1, 0.15) is 0 Å². The van der Waals surface area contributed by atoms with E-state index in [9.17, 15) is 8.42 Å². The minimum atomic E-state index is -3.87. The summed E-state index contributed by atoms with van der Waals surface area (Å²) in [5.41, 5.74) is 2.12. The maximum Gasteiger partial charge on any atom is 0.265 e. The van der Waals surface area contributed by atoms with E-state index in [1.54, 1.807) is 42.1 Å². The molecule has 0 atom stereocenters. The highest BCUT2D eigenvalue weighted by Gasteiger charge is 2.21. The van der Waals surface area contributed by atoms with Gasteiger partial charge in [0.15, 0.2) is 5.16 Å². The lowest BCUT2D eigenvalue weighted by atomic mass is 10.1. The van der Waals surface area contributed by atoms with Crippen LogP contribution in [0.4, 0.5) is 5.69 Å². The molecule has 0 fully saturated rings. The molecule has 1 N–H and O–H groups in total. The summed E-state index contributed by atoms with van der Waals surface area (Å²) in [7, 11) is -0.959. The third kappa shape index (κ3) is 3.55. The number of hydrogen-bond acceptors (Lipinski definition) is 6. The van der Waals surface area contributed by atoms with Crippen molar-refractivity contribution in [2.75, 3.05) is 24.7 Å². The second-order valence-corrected chi connectivity index (χ2v) is 8.87. The fourth-order valence-corrected chi connectivity index (χ4v) is 5.17. The van der Waals surface area contributed by atoms with Crippen LogP contribution in [0.3, 0.4) is 0 Å². The molecule has 146 valence electrons. The number of fused-ring (bicyclic) bond motifs is 1. The van der Waals surface area contributed by atoms with E-state index in [1.807, 2.05) is 12.3 Å². The molecule has 1 aliphatic rings. The second-order valence-electron chi connectivity index (χ2n) is 6.15. The van der Waals surface area contributed by atoms with Gasteiger partial charge in [-0.15, -0.1) is 0 Å². The highest BCUT2D eigenvalue weighted by molar-refractivity contribution is 7.99. The molecule has 3 aromatic rings. The van der Waals surface area contributed by atoms with Crippen LogP contribution in [-0.4, -0.2) is 37.9 Å². The molecule has 2 heterocycles. The smallest absolute Gasteiger partial charge is 0.265 e. The number of thioether (sulfide) groups is 1. The van der Waals surface area contributed by atoms with Crippen LogP contribution in [0, 0.1) is 0 Å². The van der Waals surface area contributed by atoms with Crippen molar-refractivity contribution < 1.29 is 17.9 Å². The average molecular weight is 418 g/mol. The zero-order valence-corrected chi connectivity index (χ0v) is 17.0. The molecule has 1 aliphatic heterocycles. The normalized spacial score (nSPS) is 13.2. The summed E-state index contributed by atoms with van der Waals surface area (Å²) >= 11 is 1.72. The van der Waals surface area contributed by atoms with Crippen molar-refractivity contribution in [2.24, 2.45) is 0 Å². The quantitative estimate of drug-likeness (QED) is 0.661. The van der Waals surface area contributed by atoms with Crippen LogP contribution in [0.15, 0.2) is 58.7 Å². The molecule has 0 spiro atoms.